The lowest BCUT2D eigenvalue weighted by molar-refractivity contribution is 0.00479. The average molecular weight is 331 g/mol. The molecular weight excluding hydrogens is 312 g/mol. The highest BCUT2D eigenvalue weighted by Gasteiger charge is 2.26. The third-order valence-electron chi connectivity index (χ3n) is 3.98. The number of aryl methyl sites for hydroxylation is 1. The van der Waals surface area contributed by atoms with E-state index in [1.807, 2.05) is 0 Å². The van der Waals surface area contributed by atoms with Gasteiger partial charge in [0.25, 0.3) is 9.05 Å². The third-order valence-corrected chi connectivity index (χ3v) is 5.44. The predicted molar refractivity (Wildman–Crippen MR) is 81.1 cm³/mol. The molecule has 1 fully saturated rings. The number of carbonyl (C=O) groups is 1. The zero-order valence-electron chi connectivity index (χ0n) is 12.1. The Morgan fingerprint density at radius 2 is 1.95 bits per heavy atom. The fourth-order valence-electron chi connectivity index (χ4n) is 2.65. The van der Waals surface area contributed by atoms with E-state index in [2.05, 4.69) is 6.92 Å². The minimum Gasteiger partial charge on any atom is -0.459 e. The first-order valence-electron chi connectivity index (χ1n) is 7.05. The topological polar surface area (TPSA) is 60.4 Å². The van der Waals surface area contributed by atoms with Crippen molar-refractivity contribution in [1.29, 1.82) is 0 Å². The van der Waals surface area contributed by atoms with Gasteiger partial charge in [-0.1, -0.05) is 19.4 Å². The van der Waals surface area contributed by atoms with Crippen LogP contribution in [0.15, 0.2) is 23.1 Å². The number of hydrogen-bond donors (Lipinski definition) is 0. The van der Waals surface area contributed by atoms with Crippen LogP contribution in [0.2, 0.25) is 0 Å². The Labute approximate surface area is 129 Å². The first kappa shape index (κ1) is 16.3. The van der Waals surface area contributed by atoms with Crippen molar-refractivity contribution >= 4 is 25.7 Å². The summed E-state index contributed by atoms with van der Waals surface area (Å²) in [5.74, 6) is -0.153. The largest absolute Gasteiger partial charge is 0.459 e. The molecule has 1 aromatic rings. The molecule has 2 atom stereocenters. The zero-order chi connectivity index (χ0) is 15.6. The van der Waals surface area contributed by atoms with Crippen LogP contribution in [0.5, 0.6) is 0 Å². The van der Waals surface area contributed by atoms with E-state index in [1.165, 1.54) is 6.07 Å². The Hall–Kier alpha value is -1.07. The Kier molecular flexibility index (Phi) is 4.94. The van der Waals surface area contributed by atoms with E-state index in [0.29, 0.717) is 11.5 Å². The summed E-state index contributed by atoms with van der Waals surface area (Å²) in [6.07, 6.45) is 4.03. The molecule has 2 rings (SSSR count). The third kappa shape index (κ3) is 3.98. The standard InChI is InChI=1S/C15H19ClO4S/c1-10-5-3-4-6-13(10)20-15(17)12-8-7-11(2)14(9-12)21(16,18)19/h7-10,13H,3-6H2,1-2H3. The van der Waals surface area contributed by atoms with Crippen LogP contribution in [0, 0.1) is 12.8 Å². The van der Waals surface area contributed by atoms with E-state index in [9.17, 15) is 13.2 Å². The maximum Gasteiger partial charge on any atom is 0.338 e. The van der Waals surface area contributed by atoms with Crippen molar-refractivity contribution in [2.24, 2.45) is 5.92 Å². The molecule has 6 heteroatoms. The van der Waals surface area contributed by atoms with Crippen molar-refractivity contribution in [1.82, 2.24) is 0 Å². The molecule has 0 spiro atoms. The molecular formula is C15H19ClO4S. The zero-order valence-corrected chi connectivity index (χ0v) is 13.7. The minimum atomic E-state index is -3.87. The molecule has 1 aromatic carbocycles. The van der Waals surface area contributed by atoms with Crippen molar-refractivity contribution in [2.75, 3.05) is 0 Å². The maximum atomic E-state index is 12.2. The van der Waals surface area contributed by atoms with Crippen molar-refractivity contribution in [3.63, 3.8) is 0 Å². The van der Waals surface area contributed by atoms with Gasteiger partial charge in [0.1, 0.15) is 6.10 Å². The summed E-state index contributed by atoms with van der Waals surface area (Å²) in [7, 11) is 1.51. The molecule has 0 aromatic heterocycles. The van der Waals surface area contributed by atoms with E-state index < -0.39 is 15.0 Å². The van der Waals surface area contributed by atoms with Gasteiger partial charge in [-0.2, -0.15) is 0 Å². The van der Waals surface area contributed by atoms with Crippen molar-refractivity contribution < 1.29 is 17.9 Å². The number of esters is 1. The minimum absolute atomic E-state index is 0.0460. The van der Waals surface area contributed by atoms with Gasteiger partial charge in [-0.05, 0) is 49.8 Å². The van der Waals surface area contributed by atoms with Crippen LogP contribution in [0.1, 0.15) is 48.5 Å². The molecule has 0 aliphatic heterocycles. The first-order chi connectivity index (χ1) is 9.79. The van der Waals surface area contributed by atoms with Gasteiger partial charge in [0.05, 0.1) is 10.5 Å². The van der Waals surface area contributed by atoms with Gasteiger partial charge in [0, 0.05) is 10.7 Å². The van der Waals surface area contributed by atoms with Crippen LogP contribution < -0.4 is 0 Å². The lowest BCUT2D eigenvalue weighted by Gasteiger charge is -2.28. The van der Waals surface area contributed by atoms with Gasteiger partial charge in [0.2, 0.25) is 0 Å². The van der Waals surface area contributed by atoms with Gasteiger partial charge in [-0.25, -0.2) is 13.2 Å². The summed E-state index contributed by atoms with van der Waals surface area (Å²) in [5.41, 5.74) is 0.727. The second-order valence-corrected chi connectivity index (χ2v) is 8.16. The molecule has 0 N–H and O–H groups in total. The lowest BCUT2D eigenvalue weighted by Crippen LogP contribution is -2.28. The van der Waals surface area contributed by atoms with Crippen molar-refractivity contribution in [3.05, 3.63) is 29.3 Å². The van der Waals surface area contributed by atoms with E-state index >= 15 is 0 Å². The quantitative estimate of drug-likeness (QED) is 0.627. The molecule has 21 heavy (non-hydrogen) atoms. The first-order valence-corrected chi connectivity index (χ1v) is 9.36. The molecule has 0 saturated heterocycles. The molecule has 4 nitrogen and oxygen atoms in total. The number of halogens is 1. The van der Waals surface area contributed by atoms with Crippen molar-refractivity contribution in [2.45, 2.75) is 50.5 Å². The number of ether oxygens (including phenoxy) is 1. The summed E-state index contributed by atoms with van der Waals surface area (Å²) >= 11 is 0. The van der Waals surface area contributed by atoms with Crippen LogP contribution in [-0.2, 0) is 13.8 Å². The van der Waals surface area contributed by atoms with Crippen molar-refractivity contribution in [3.8, 4) is 0 Å². The second kappa shape index (κ2) is 6.36. The number of carbonyl (C=O) groups excluding carboxylic acids is 1. The Balaban J connectivity index is 2.20. The van der Waals surface area contributed by atoms with E-state index in [-0.39, 0.29) is 16.6 Å². The van der Waals surface area contributed by atoms with Gasteiger partial charge in [0.15, 0.2) is 0 Å². The van der Waals surface area contributed by atoms with Gasteiger partial charge in [-0.3, -0.25) is 0 Å². The Morgan fingerprint density at radius 1 is 1.29 bits per heavy atom. The second-order valence-electron chi connectivity index (χ2n) is 5.62. The van der Waals surface area contributed by atoms with Gasteiger partial charge in [-0.15, -0.1) is 0 Å². The normalized spacial score (nSPS) is 22.8. The summed E-state index contributed by atoms with van der Waals surface area (Å²) in [6, 6.07) is 4.42. The Bertz CT molecular complexity index is 639. The van der Waals surface area contributed by atoms with Crippen LogP contribution in [0.4, 0.5) is 0 Å². The molecule has 1 saturated carbocycles. The van der Waals surface area contributed by atoms with Crippen LogP contribution in [-0.4, -0.2) is 20.5 Å². The predicted octanol–water partition coefficient (Wildman–Crippen LogP) is 3.66. The SMILES string of the molecule is Cc1ccc(C(=O)OC2CCCCC2C)cc1S(=O)(=O)Cl. The molecule has 2 unspecified atom stereocenters. The highest BCUT2D eigenvalue weighted by atomic mass is 35.7. The van der Waals surface area contributed by atoms with Gasteiger partial charge >= 0.3 is 5.97 Å². The Morgan fingerprint density at radius 3 is 2.57 bits per heavy atom. The summed E-state index contributed by atoms with van der Waals surface area (Å²) < 4.78 is 28.5. The monoisotopic (exact) mass is 330 g/mol. The highest BCUT2D eigenvalue weighted by Crippen LogP contribution is 2.28. The summed E-state index contributed by atoms with van der Waals surface area (Å²) in [6.45, 7) is 3.70. The molecule has 1 aliphatic carbocycles. The van der Waals surface area contributed by atoms with E-state index in [4.69, 9.17) is 15.4 Å². The van der Waals surface area contributed by atoms with Crippen LogP contribution >= 0.6 is 10.7 Å². The number of benzene rings is 1. The molecule has 0 heterocycles. The molecule has 0 radical (unpaired) electrons. The van der Waals surface area contributed by atoms with E-state index in [1.54, 1.807) is 19.1 Å². The molecule has 0 amide bonds. The van der Waals surface area contributed by atoms with Crippen LogP contribution in [0.3, 0.4) is 0 Å². The molecule has 0 bridgehead atoms. The number of hydrogen-bond acceptors (Lipinski definition) is 4. The summed E-state index contributed by atoms with van der Waals surface area (Å²) in [5, 5.41) is 0. The van der Waals surface area contributed by atoms with E-state index in [0.717, 1.165) is 25.7 Å². The fraction of sp³-hybridized carbons (Fsp3) is 0.533. The smallest absolute Gasteiger partial charge is 0.338 e. The molecule has 1 aliphatic rings. The van der Waals surface area contributed by atoms with Gasteiger partial charge < -0.3 is 4.74 Å². The average Bonchev–Trinajstić information content (AvgIpc) is 2.40. The lowest BCUT2D eigenvalue weighted by atomic mass is 9.88. The highest BCUT2D eigenvalue weighted by molar-refractivity contribution is 8.13. The van der Waals surface area contributed by atoms with Crippen LogP contribution in [0.25, 0.3) is 0 Å². The maximum absolute atomic E-state index is 12.2. The fourth-order valence-corrected chi connectivity index (χ4v) is 3.87. The summed E-state index contributed by atoms with van der Waals surface area (Å²) in [4.78, 5) is 12.1. The number of rotatable bonds is 3. The molecule has 116 valence electrons.